The molecule has 0 unspecified atom stereocenters. The maximum absolute atomic E-state index is 13.4. The Bertz CT molecular complexity index is 1330. The number of hydrogen-bond donors (Lipinski definition) is 2. The second-order valence-corrected chi connectivity index (χ2v) is 10.3. The van der Waals surface area contributed by atoms with Gasteiger partial charge in [-0.05, 0) is 74.1 Å². The van der Waals surface area contributed by atoms with Gasteiger partial charge in [0.25, 0.3) is 0 Å². The topological polar surface area (TPSA) is 76.3 Å². The molecule has 0 bridgehead atoms. The molecule has 1 aromatic heterocycles. The number of aryl methyl sites for hydroxylation is 2. The first kappa shape index (κ1) is 22.4. The van der Waals surface area contributed by atoms with E-state index in [0.29, 0.717) is 22.6 Å². The number of ether oxygens (including phenoxy) is 1. The Morgan fingerprint density at radius 2 is 1.83 bits per heavy atom. The molecule has 2 aliphatic heterocycles. The van der Waals surface area contributed by atoms with Crippen LogP contribution in [0.1, 0.15) is 47.5 Å². The number of alkyl halides is 3. The molecule has 2 aromatic carbocycles. The number of aromatic nitrogens is 2. The van der Waals surface area contributed by atoms with Crippen LogP contribution in [0.3, 0.4) is 0 Å². The summed E-state index contributed by atoms with van der Waals surface area (Å²) >= 11 is 0. The van der Waals surface area contributed by atoms with E-state index >= 15 is 0 Å². The van der Waals surface area contributed by atoms with Crippen LogP contribution in [-0.2, 0) is 23.8 Å². The molecule has 0 saturated carbocycles. The first-order valence-corrected chi connectivity index (χ1v) is 12.0. The third-order valence-corrected chi connectivity index (χ3v) is 7.52. The second kappa shape index (κ2) is 7.71. The zero-order valence-corrected chi connectivity index (χ0v) is 19.8. The van der Waals surface area contributed by atoms with Crippen molar-refractivity contribution in [2.24, 2.45) is 5.41 Å². The molecule has 0 radical (unpaired) electrons. The van der Waals surface area contributed by atoms with E-state index in [1.807, 2.05) is 13.8 Å². The van der Waals surface area contributed by atoms with Crippen molar-refractivity contribution in [1.82, 2.24) is 9.97 Å². The van der Waals surface area contributed by atoms with Crippen molar-refractivity contribution in [3.8, 4) is 0 Å². The fraction of sp³-hybridized carbons (Fsp3) is 0.462. The quantitative estimate of drug-likeness (QED) is 0.507. The van der Waals surface area contributed by atoms with Crippen molar-refractivity contribution in [2.75, 3.05) is 42.3 Å². The highest BCUT2D eigenvalue weighted by molar-refractivity contribution is 5.96. The van der Waals surface area contributed by atoms with Gasteiger partial charge in [0.2, 0.25) is 0 Å². The molecule has 0 amide bonds. The molecule has 9 heteroatoms. The van der Waals surface area contributed by atoms with E-state index in [1.165, 1.54) is 16.8 Å². The molecule has 3 heterocycles. The number of hydrogen-bond acceptors (Lipinski definition) is 6. The Kier molecular flexibility index (Phi) is 4.94. The molecule has 1 atom stereocenters. The molecular formula is C26H28F3N5O. The number of nitrogen functional groups attached to an aromatic ring is 1. The smallest absolute Gasteiger partial charge is 0.399 e. The minimum Gasteiger partial charge on any atom is -0.399 e. The molecule has 2 fully saturated rings. The number of nitrogens with one attached hydrogen (secondary N) is 1. The largest absolute Gasteiger partial charge is 0.416 e. The molecule has 6 nitrogen and oxygen atoms in total. The van der Waals surface area contributed by atoms with Crippen LogP contribution in [0.25, 0.3) is 10.9 Å². The zero-order chi connectivity index (χ0) is 24.5. The van der Waals surface area contributed by atoms with Crippen LogP contribution in [-0.4, -0.2) is 36.3 Å². The van der Waals surface area contributed by atoms with Gasteiger partial charge in [0.1, 0.15) is 11.6 Å². The van der Waals surface area contributed by atoms with Crippen LogP contribution in [0.5, 0.6) is 0 Å². The first-order valence-electron chi connectivity index (χ1n) is 12.0. The Labute approximate surface area is 201 Å². The van der Waals surface area contributed by atoms with Gasteiger partial charge in [0.05, 0.1) is 35.8 Å². The lowest BCUT2D eigenvalue weighted by molar-refractivity contribution is -0.137. The zero-order valence-electron chi connectivity index (χ0n) is 19.8. The molecular weight excluding hydrogens is 455 g/mol. The van der Waals surface area contributed by atoms with E-state index in [1.54, 1.807) is 6.07 Å². The number of anilines is 3. The predicted octanol–water partition coefficient (Wildman–Crippen LogP) is 5.04. The highest BCUT2D eigenvalue weighted by Gasteiger charge is 2.49. The van der Waals surface area contributed by atoms with Crippen molar-refractivity contribution in [3.63, 3.8) is 0 Å². The van der Waals surface area contributed by atoms with Gasteiger partial charge in [-0.1, -0.05) is 0 Å². The van der Waals surface area contributed by atoms with Crippen LogP contribution in [0.15, 0.2) is 24.3 Å². The van der Waals surface area contributed by atoms with E-state index < -0.39 is 17.8 Å². The molecule has 1 aliphatic carbocycles. The third kappa shape index (κ3) is 3.76. The van der Waals surface area contributed by atoms with E-state index in [4.69, 9.17) is 15.5 Å². The molecule has 3 aromatic rings. The maximum Gasteiger partial charge on any atom is 0.416 e. The standard InChI is InChI=1S/C26H28F3N5O/c1-14(16-6-17(26(27,28)29)8-18(30)7-16)31-24-21-9-22(34-10-25(11-34)12-35-13-25)19-4-3-5-20(19)23(21)32-15(2)33-24/h6-9,14H,3-5,10-13,30H2,1-2H3,(H,31,32,33)/t14-/m1/s1. The van der Waals surface area contributed by atoms with Gasteiger partial charge in [0.15, 0.2) is 0 Å². The number of nitrogens with two attached hydrogens (primary N) is 1. The summed E-state index contributed by atoms with van der Waals surface area (Å²) < 4.78 is 45.5. The van der Waals surface area contributed by atoms with Crippen LogP contribution in [0, 0.1) is 12.3 Å². The second-order valence-electron chi connectivity index (χ2n) is 10.3. The average molecular weight is 484 g/mol. The lowest BCUT2D eigenvalue weighted by Gasteiger charge is -2.56. The summed E-state index contributed by atoms with van der Waals surface area (Å²) in [6.07, 6.45) is -1.36. The van der Waals surface area contributed by atoms with Crippen LogP contribution in [0.4, 0.5) is 30.4 Å². The summed E-state index contributed by atoms with van der Waals surface area (Å²) in [4.78, 5) is 11.9. The Balaban J connectivity index is 1.39. The fourth-order valence-corrected chi connectivity index (χ4v) is 5.74. The van der Waals surface area contributed by atoms with Crippen molar-refractivity contribution < 1.29 is 17.9 Å². The van der Waals surface area contributed by atoms with Gasteiger partial charge in [-0.3, -0.25) is 0 Å². The van der Waals surface area contributed by atoms with Crippen molar-refractivity contribution >= 4 is 28.1 Å². The highest BCUT2D eigenvalue weighted by atomic mass is 19.4. The number of halogens is 3. The Morgan fingerprint density at radius 1 is 1.09 bits per heavy atom. The number of fused-ring (bicyclic) bond motifs is 3. The summed E-state index contributed by atoms with van der Waals surface area (Å²) in [5.74, 6) is 1.27. The van der Waals surface area contributed by atoms with Gasteiger partial charge in [-0.15, -0.1) is 0 Å². The highest BCUT2D eigenvalue weighted by Crippen LogP contribution is 2.46. The Morgan fingerprint density at radius 3 is 2.51 bits per heavy atom. The first-order chi connectivity index (χ1) is 16.6. The van der Waals surface area contributed by atoms with Gasteiger partial charge in [0, 0.05) is 29.9 Å². The average Bonchev–Trinajstić information content (AvgIpc) is 3.21. The third-order valence-electron chi connectivity index (χ3n) is 7.52. The lowest BCUT2D eigenvalue weighted by atomic mass is 9.77. The SMILES string of the molecule is Cc1nc(N[C@H](C)c2cc(N)cc(C(F)(F)F)c2)c2cc(N3CC4(COC4)C3)c3c(c2n1)CCC3. The summed E-state index contributed by atoms with van der Waals surface area (Å²) in [7, 11) is 0. The summed E-state index contributed by atoms with van der Waals surface area (Å²) in [5, 5.41) is 4.27. The minimum atomic E-state index is -4.46. The minimum absolute atomic E-state index is 0.0824. The maximum atomic E-state index is 13.4. The van der Waals surface area contributed by atoms with E-state index in [9.17, 15) is 13.2 Å². The molecule has 2 saturated heterocycles. The lowest BCUT2D eigenvalue weighted by Crippen LogP contribution is -2.66. The molecule has 35 heavy (non-hydrogen) atoms. The number of rotatable bonds is 4. The van der Waals surface area contributed by atoms with E-state index in [0.717, 1.165) is 68.6 Å². The number of benzene rings is 2. The summed E-state index contributed by atoms with van der Waals surface area (Å²) in [5.41, 5.74) is 10.7. The molecule has 1 spiro atoms. The van der Waals surface area contributed by atoms with E-state index in [2.05, 4.69) is 21.3 Å². The molecule has 3 aliphatic rings. The number of nitrogens with zero attached hydrogens (tertiary/aromatic N) is 3. The summed E-state index contributed by atoms with van der Waals surface area (Å²) in [6.45, 7) is 7.30. The predicted molar refractivity (Wildman–Crippen MR) is 130 cm³/mol. The normalized spacial score (nSPS) is 19.4. The van der Waals surface area contributed by atoms with Gasteiger partial charge < -0.3 is 20.7 Å². The summed E-state index contributed by atoms with van der Waals surface area (Å²) in [6, 6.07) is 5.41. The van der Waals surface area contributed by atoms with Crippen LogP contribution >= 0.6 is 0 Å². The fourth-order valence-electron chi connectivity index (χ4n) is 5.74. The van der Waals surface area contributed by atoms with Gasteiger partial charge >= 0.3 is 6.18 Å². The molecule has 184 valence electrons. The van der Waals surface area contributed by atoms with Gasteiger partial charge in [-0.2, -0.15) is 13.2 Å². The van der Waals surface area contributed by atoms with Gasteiger partial charge in [-0.25, -0.2) is 9.97 Å². The van der Waals surface area contributed by atoms with Crippen LogP contribution in [0.2, 0.25) is 0 Å². The van der Waals surface area contributed by atoms with Crippen molar-refractivity contribution in [3.05, 3.63) is 52.3 Å². The van der Waals surface area contributed by atoms with Crippen molar-refractivity contribution in [1.29, 1.82) is 0 Å². The van der Waals surface area contributed by atoms with E-state index in [-0.39, 0.29) is 5.69 Å². The monoisotopic (exact) mass is 483 g/mol. The molecule has 3 N–H and O–H groups in total. The Hall–Kier alpha value is -3.07. The van der Waals surface area contributed by atoms with Crippen molar-refractivity contribution in [2.45, 2.75) is 45.3 Å². The van der Waals surface area contributed by atoms with Crippen LogP contribution < -0.4 is 16.0 Å². The molecule has 6 rings (SSSR count).